The van der Waals surface area contributed by atoms with Gasteiger partial charge in [-0.05, 0) is 30.7 Å². The van der Waals surface area contributed by atoms with Gasteiger partial charge in [0.25, 0.3) is 0 Å². The van der Waals surface area contributed by atoms with Crippen LogP contribution in [0, 0.1) is 11.8 Å². The van der Waals surface area contributed by atoms with Gasteiger partial charge in [-0.15, -0.1) is 0 Å². The number of fused-ring (bicyclic) bond motifs is 1. The first-order chi connectivity index (χ1) is 13.7. The Morgan fingerprint density at radius 2 is 2.14 bits per heavy atom. The largest absolute Gasteiger partial charge is 0.372 e. The molecule has 1 unspecified atom stereocenters. The molecule has 4 N–H and O–H groups in total. The van der Waals surface area contributed by atoms with E-state index in [4.69, 9.17) is 17.3 Å². The molecule has 3 aromatic rings. The summed E-state index contributed by atoms with van der Waals surface area (Å²) in [5.74, 6) is 6.71. The van der Waals surface area contributed by atoms with Crippen molar-refractivity contribution in [2.45, 2.75) is 31.8 Å². The van der Waals surface area contributed by atoms with Gasteiger partial charge in [-0.1, -0.05) is 43.4 Å². The van der Waals surface area contributed by atoms with E-state index in [2.05, 4.69) is 51.9 Å². The Kier molecular flexibility index (Phi) is 4.49. The molecule has 1 aromatic carbocycles. The lowest BCUT2D eigenvalue weighted by Gasteiger charge is -2.22. The van der Waals surface area contributed by atoms with Gasteiger partial charge in [-0.25, -0.2) is 4.98 Å². The molecule has 0 spiro atoms. The quantitative estimate of drug-likeness (QED) is 0.563. The van der Waals surface area contributed by atoms with Crippen molar-refractivity contribution in [2.24, 2.45) is 0 Å². The van der Waals surface area contributed by atoms with Crippen LogP contribution in [-0.2, 0) is 11.0 Å². The monoisotopic (exact) mass is 408 g/mol. The van der Waals surface area contributed by atoms with E-state index in [1.165, 1.54) is 6.20 Å². The van der Waals surface area contributed by atoms with Gasteiger partial charge in [-0.3, -0.25) is 5.10 Å². The van der Waals surface area contributed by atoms with Gasteiger partial charge in [0.2, 0.25) is 5.95 Å². The molecule has 0 saturated carbocycles. The molecule has 148 valence electrons. The van der Waals surface area contributed by atoms with Crippen LogP contribution < -0.4 is 10.6 Å². The first kappa shape index (κ1) is 19.2. The minimum absolute atomic E-state index is 0.105. The van der Waals surface area contributed by atoms with Gasteiger partial charge in [0, 0.05) is 29.4 Å². The predicted octanol–water partition coefficient (Wildman–Crippen LogP) is 3.12. The second kappa shape index (κ2) is 6.76. The zero-order chi connectivity index (χ0) is 20.8. The summed E-state index contributed by atoms with van der Waals surface area (Å²) in [6.45, 7) is 6.65. The first-order valence-electron chi connectivity index (χ1n) is 9.13. The van der Waals surface area contributed by atoms with Crippen molar-refractivity contribution in [2.75, 3.05) is 17.2 Å². The van der Waals surface area contributed by atoms with Crippen LogP contribution in [0.15, 0.2) is 36.7 Å². The van der Waals surface area contributed by atoms with Crippen LogP contribution in [0.2, 0.25) is 5.02 Å². The second-order valence-corrected chi connectivity index (χ2v) is 8.30. The van der Waals surface area contributed by atoms with E-state index in [0.717, 1.165) is 16.8 Å². The van der Waals surface area contributed by atoms with Gasteiger partial charge in [0.1, 0.15) is 5.02 Å². The number of halogens is 1. The molecular weight excluding hydrogens is 388 g/mol. The Morgan fingerprint density at radius 3 is 2.86 bits per heavy atom. The second-order valence-electron chi connectivity index (χ2n) is 7.89. The van der Waals surface area contributed by atoms with E-state index in [9.17, 15) is 5.11 Å². The number of anilines is 3. The molecule has 8 heteroatoms. The summed E-state index contributed by atoms with van der Waals surface area (Å²) in [7, 11) is 0. The number of nitrogens with two attached hydrogens (primary N) is 1. The van der Waals surface area contributed by atoms with Gasteiger partial charge >= 0.3 is 0 Å². The normalized spacial score (nSPS) is 16.7. The minimum atomic E-state index is -1.33. The van der Waals surface area contributed by atoms with Crippen molar-refractivity contribution in [1.82, 2.24) is 20.2 Å². The lowest BCUT2D eigenvalue weighted by atomic mass is 9.86. The van der Waals surface area contributed by atoms with Crippen LogP contribution in [0.3, 0.4) is 0 Å². The van der Waals surface area contributed by atoms with Crippen LogP contribution in [-0.4, -0.2) is 31.8 Å². The summed E-state index contributed by atoms with van der Waals surface area (Å²) < 4.78 is 0. The maximum absolute atomic E-state index is 10.6. The topological polar surface area (TPSA) is 104 Å². The van der Waals surface area contributed by atoms with E-state index in [1.54, 1.807) is 19.2 Å². The molecule has 0 aliphatic carbocycles. The minimum Gasteiger partial charge on any atom is -0.372 e. The molecule has 1 aliphatic rings. The molecule has 0 amide bonds. The molecule has 2 aromatic heterocycles. The number of rotatable bonds is 2. The smallest absolute Gasteiger partial charge is 0.222 e. The molecule has 0 saturated heterocycles. The number of nitrogens with zero attached hydrogens (tertiary/aromatic N) is 4. The third-order valence-corrected chi connectivity index (χ3v) is 5.31. The highest BCUT2D eigenvalue weighted by atomic mass is 35.5. The predicted molar refractivity (Wildman–Crippen MR) is 113 cm³/mol. The third kappa shape index (κ3) is 3.53. The molecule has 1 atom stereocenters. The number of aromatic nitrogens is 4. The molecule has 0 radical (unpaired) electrons. The molecule has 4 rings (SSSR count). The van der Waals surface area contributed by atoms with Crippen molar-refractivity contribution >= 4 is 29.1 Å². The molecule has 1 aliphatic heterocycles. The van der Waals surface area contributed by atoms with Gasteiger partial charge in [-0.2, -0.15) is 10.1 Å². The van der Waals surface area contributed by atoms with Crippen LogP contribution in [0.4, 0.5) is 17.5 Å². The van der Waals surface area contributed by atoms with Gasteiger partial charge in [0.15, 0.2) is 11.4 Å². The fourth-order valence-corrected chi connectivity index (χ4v) is 3.70. The molecule has 3 heterocycles. The lowest BCUT2D eigenvalue weighted by molar-refractivity contribution is 0.117. The molecule has 7 nitrogen and oxygen atoms in total. The van der Waals surface area contributed by atoms with Gasteiger partial charge in [0.05, 0.1) is 11.9 Å². The highest BCUT2D eigenvalue weighted by Crippen LogP contribution is 2.45. The van der Waals surface area contributed by atoms with E-state index < -0.39 is 5.60 Å². The summed E-state index contributed by atoms with van der Waals surface area (Å²) in [5.41, 5.74) is 7.78. The number of aromatic amines is 1. The fourth-order valence-electron chi connectivity index (χ4n) is 3.51. The Morgan fingerprint density at radius 1 is 1.34 bits per heavy atom. The van der Waals surface area contributed by atoms with Crippen LogP contribution >= 0.6 is 11.6 Å². The number of H-pyrrole nitrogens is 1. The zero-order valence-electron chi connectivity index (χ0n) is 16.4. The number of nitrogen functional groups attached to an aromatic ring is 1. The summed E-state index contributed by atoms with van der Waals surface area (Å²) in [6.07, 6.45) is 3.09. The standard InChI is InChI=1S/C21H21ClN6O/c1-20(2)12-28(18-15(22)11-24-19(23)26-18)16-10-13(4-5-14(16)20)6-8-21(3,29)17-7-9-25-27-17/h4-5,7,9-11,29H,12H2,1-3H3,(H,25,27)(H2,23,24,26). The Bertz CT molecular complexity index is 1130. The first-order valence-corrected chi connectivity index (χ1v) is 9.51. The highest BCUT2D eigenvalue weighted by Gasteiger charge is 2.37. The number of hydrogen-bond donors (Lipinski definition) is 3. The number of nitrogens with one attached hydrogen (secondary N) is 1. The maximum atomic E-state index is 10.6. The number of hydrogen-bond acceptors (Lipinski definition) is 6. The average Bonchev–Trinajstić information content (AvgIpc) is 3.30. The van der Waals surface area contributed by atoms with Crippen molar-refractivity contribution in [3.63, 3.8) is 0 Å². The summed E-state index contributed by atoms with van der Waals surface area (Å²) in [4.78, 5) is 10.3. The van der Waals surface area contributed by atoms with E-state index in [-0.39, 0.29) is 11.4 Å². The zero-order valence-corrected chi connectivity index (χ0v) is 17.1. The van der Waals surface area contributed by atoms with Crippen molar-refractivity contribution in [1.29, 1.82) is 0 Å². The average molecular weight is 409 g/mol. The van der Waals surface area contributed by atoms with Crippen LogP contribution in [0.1, 0.15) is 37.6 Å². The van der Waals surface area contributed by atoms with Crippen LogP contribution in [0.25, 0.3) is 0 Å². The van der Waals surface area contributed by atoms with E-state index in [0.29, 0.717) is 23.1 Å². The molecule has 29 heavy (non-hydrogen) atoms. The van der Waals surface area contributed by atoms with Crippen molar-refractivity contribution in [3.8, 4) is 11.8 Å². The fraction of sp³-hybridized carbons (Fsp3) is 0.286. The third-order valence-electron chi connectivity index (χ3n) is 5.05. The Hall–Kier alpha value is -3.08. The van der Waals surface area contributed by atoms with Crippen LogP contribution in [0.5, 0.6) is 0 Å². The number of aliphatic hydroxyl groups is 1. The summed E-state index contributed by atoms with van der Waals surface area (Å²) in [5, 5.41) is 17.7. The summed E-state index contributed by atoms with van der Waals surface area (Å²) >= 11 is 6.36. The van der Waals surface area contributed by atoms with Crippen molar-refractivity contribution in [3.05, 3.63) is 58.5 Å². The maximum Gasteiger partial charge on any atom is 0.222 e. The van der Waals surface area contributed by atoms with Gasteiger partial charge < -0.3 is 15.7 Å². The Labute approximate surface area is 173 Å². The van der Waals surface area contributed by atoms with E-state index in [1.807, 2.05) is 17.0 Å². The highest BCUT2D eigenvalue weighted by molar-refractivity contribution is 6.33. The molecular formula is C21H21ClN6O. The lowest BCUT2D eigenvalue weighted by Crippen LogP contribution is -2.26. The summed E-state index contributed by atoms with van der Waals surface area (Å²) in [6, 6.07) is 7.69. The SMILES string of the molecule is CC(O)(C#Cc1ccc2c(c1)N(c1nc(N)ncc1Cl)CC2(C)C)c1ccn[nH]1. The molecule has 0 bridgehead atoms. The molecule has 0 fully saturated rings. The van der Waals surface area contributed by atoms with Crippen molar-refractivity contribution < 1.29 is 5.11 Å². The Balaban J connectivity index is 1.76. The van der Waals surface area contributed by atoms with E-state index >= 15 is 0 Å². The number of benzene rings is 1.